The van der Waals surface area contributed by atoms with E-state index in [2.05, 4.69) is 19.9 Å². The Morgan fingerprint density at radius 1 is 1.35 bits per heavy atom. The number of hydrogen-bond donors (Lipinski definition) is 1. The molecule has 1 aliphatic heterocycles. The highest BCUT2D eigenvalue weighted by molar-refractivity contribution is 5.69. The molecule has 3 rings (SSSR count). The van der Waals surface area contributed by atoms with Crippen molar-refractivity contribution >= 4 is 11.2 Å². The Bertz CT molecular complexity index is 642. The molecule has 1 N–H and O–H groups in total. The van der Waals surface area contributed by atoms with Crippen LogP contribution in [-0.2, 0) is 17.7 Å². The second-order valence-electron chi connectivity index (χ2n) is 4.93. The molecule has 2 aromatic heterocycles. The first kappa shape index (κ1) is 13.3. The highest BCUT2D eigenvalue weighted by atomic mass is 16.5. The largest absolute Gasteiger partial charge is 0.379 e. The van der Waals surface area contributed by atoms with E-state index in [1.807, 2.05) is 11.5 Å². The molecule has 0 aliphatic carbocycles. The number of hydrogen-bond acceptors (Lipinski definition) is 5. The Balaban J connectivity index is 1.79. The number of fused-ring (bicyclic) bond motifs is 1. The maximum absolute atomic E-state index is 12.1. The Morgan fingerprint density at radius 2 is 2.15 bits per heavy atom. The Hall–Kier alpha value is -1.73. The van der Waals surface area contributed by atoms with Gasteiger partial charge in [0.1, 0.15) is 5.82 Å². The van der Waals surface area contributed by atoms with Crippen molar-refractivity contribution in [1.29, 1.82) is 0 Å². The summed E-state index contributed by atoms with van der Waals surface area (Å²) in [6.45, 7) is 7.05. The van der Waals surface area contributed by atoms with Gasteiger partial charge in [-0.3, -0.25) is 9.69 Å². The summed E-state index contributed by atoms with van der Waals surface area (Å²) in [5.41, 5.74) is 0.995. The molecular formula is C13H19N5O2. The van der Waals surface area contributed by atoms with Gasteiger partial charge in [-0.05, 0) is 0 Å². The van der Waals surface area contributed by atoms with E-state index in [1.165, 1.54) is 0 Å². The van der Waals surface area contributed by atoms with Gasteiger partial charge in [0.15, 0.2) is 11.2 Å². The SMILES string of the molecule is CCc1nc2ncn(CCN3CCOCC3)c2c(=O)[nH]1. The first-order valence-corrected chi connectivity index (χ1v) is 7.02. The van der Waals surface area contributed by atoms with Crippen LogP contribution in [0, 0.1) is 0 Å². The van der Waals surface area contributed by atoms with Crippen molar-refractivity contribution in [2.75, 3.05) is 32.8 Å². The third-order valence-electron chi connectivity index (χ3n) is 3.63. The summed E-state index contributed by atoms with van der Waals surface area (Å²) in [5, 5.41) is 0. The summed E-state index contributed by atoms with van der Waals surface area (Å²) in [5.74, 6) is 0.681. The Kier molecular flexibility index (Phi) is 3.79. The van der Waals surface area contributed by atoms with Crippen molar-refractivity contribution in [2.45, 2.75) is 19.9 Å². The third-order valence-corrected chi connectivity index (χ3v) is 3.63. The maximum Gasteiger partial charge on any atom is 0.277 e. The van der Waals surface area contributed by atoms with Crippen molar-refractivity contribution in [2.24, 2.45) is 0 Å². The van der Waals surface area contributed by atoms with E-state index in [1.54, 1.807) is 6.33 Å². The van der Waals surface area contributed by atoms with Crippen molar-refractivity contribution in [3.63, 3.8) is 0 Å². The van der Waals surface area contributed by atoms with Crippen LogP contribution in [0.4, 0.5) is 0 Å². The van der Waals surface area contributed by atoms with Crippen LogP contribution < -0.4 is 5.56 Å². The minimum Gasteiger partial charge on any atom is -0.379 e. The van der Waals surface area contributed by atoms with Gasteiger partial charge in [0, 0.05) is 32.6 Å². The van der Waals surface area contributed by atoms with E-state index in [4.69, 9.17) is 4.74 Å². The predicted molar refractivity (Wildman–Crippen MR) is 74.8 cm³/mol. The third kappa shape index (κ3) is 2.59. The second kappa shape index (κ2) is 5.72. The van der Waals surface area contributed by atoms with Crippen molar-refractivity contribution in [3.8, 4) is 0 Å². The van der Waals surface area contributed by atoms with Gasteiger partial charge >= 0.3 is 0 Å². The molecule has 0 spiro atoms. The maximum atomic E-state index is 12.1. The van der Waals surface area contributed by atoms with E-state index < -0.39 is 0 Å². The lowest BCUT2D eigenvalue weighted by molar-refractivity contribution is 0.0365. The Morgan fingerprint density at radius 3 is 2.90 bits per heavy atom. The lowest BCUT2D eigenvalue weighted by atomic mass is 10.4. The smallest absolute Gasteiger partial charge is 0.277 e. The fraction of sp³-hybridized carbons (Fsp3) is 0.615. The average molecular weight is 277 g/mol. The number of ether oxygens (including phenoxy) is 1. The fourth-order valence-electron chi connectivity index (χ4n) is 2.44. The molecule has 0 unspecified atom stereocenters. The standard InChI is InChI=1S/C13H19N5O2/c1-2-10-15-12-11(13(19)16-10)18(9-14-12)4-3-17-5-7-20-8-6-17/h9H,2-8H2,1H3,(H,15,16,19). The zero-order valence-corrected chi connectivity index (χ0v) is 11.6. The van der Waals surface area contributed by atoms with Crippen molar-refractivity contribution < 1.29 is 4.74 Å². The number of rotatable bonds is 4. The quantitative estimate of drug-likeness (QED) is 0.852. The molecule has 1 fully saturated rings. The molecule has 0 atom stereocenters. The number of H-pyrrole nitrogens is 1. The normalized spacial score (nSPS) is 16.9. The molecule has 0 amide bonds. The molecule has 1 aliphatic rings. The van der Waals surface area contributed by atoms with Crippen LogP contribution in [0.25, 0.3) is 11.2 Å². The van der Waals surface area contributed by atoms with Gasteiger partial charge < -0.3 is 14.3 Å². The van der Waals surface area contributed by atoms with Crippen LogP contribution in [0.2, 0.25) is 0 Å². The van der Waals surface area contributed by atoms with Gasteiger partial charge in [0.25, 0.3) is 5.56 Å². The topological polar surface area (TPSA) is 76.0 Å². The predicted octanol–water partition coefficient (Wildman–Crippen LogP) is 0.0142. The van der Waals surface area contributed by atoms with E-state index >= 15 is 0 Å². The second-order valence-corrected chi connectivity index (χ2v) is 4.93. The lowest BCUT2D eigenvalue weighted by Crippen LogP contribution is -2.38. The van der Waals surface area contributed by atoms with Crippen LogP contribution in [0.3, 0.4) is 0 Å². The summed E-state index contributed by atoms with van der Waals surface area (Å²) in [7, 11) is 0. The number of nitrogens with zero attached hydrogens (tertiary/aromatic N) is 4. The Labute approximate surface area is 116 Å². The van der Waals surface area contributed by atoms with Gasteiger partial charge in [-0.25, -0.2) is 9.97 Å². The molecule has 2 aromatic rings. The minimum atomic E-state index is -0.105. The van der Waals surface area contributed by atoms with E-state index in [0.717, 1.165) is 39.4 Å². The molecule has 20 heavy (non-hydrogen) atoms. The molecule has 7 heteroatoms. The molecule has 108 valence electrons. The monoisotopic (exact) mass is 277 g/mol. The van der Waals surface area contributed by atoms with E-state index in [-0.39, 0.29) is 5.56 Å². The van der Waals surface area contributed by atoms with Crippen LogP contribution in [-0.4, -0.2) is 57.3 Å². The van der Waals surface area contributed by atoms with E-state index in [9.17, 15) is 4.79 Å². The number of nitrogens with one attached hydrogen (secondary N) is 1. The fourth-order valence-corrected chi connectivity index (χ4v) is 2.44. The zero-order chi connectivity index (χ0) is 13.9. The molecule has 0 saturated carbocycles. The molecule has 0 radical (unpaired) electrons. The molecule has 7 nitrogen and oxygen atoms in total. The summed E-state index contributed by atoms with van der Waals surface area (Å²) < 4.78 is 7.21. The summed E-state index contributed by atoms with van der Waals surface area (Å²) in [6, 6.07) is 0. The van der Waals surface area contributed by atoms with Crippen LogP contribution >= 0.6 is 0 Å². The summed E-state index contributed by atoms with van der Waals surface area (Å²) >= 11 is 0. The van der Waals surface area contributed by atoms with Crippen LogP contribution in [0.5, 0.6) is 0 Å². The van der Waals surface area contributed by atoms with E-state index in [0.29, 0.717) is 23.4 Å². The number of aromatic nitrogens is 4. The molecule has 0 bridgehead atoms. The number of morpholine rings is 1. The zero-order valence-electron chi connectivity index (χ0n) is 11.6. The number of imidazole rings is 1. The average Bonchev–Trinajstić information content (AvgIpc) is 2.89. The molecule has 3 heterocycles. The van der Waals surface area contributed by atoms with Gasteiger partial charge in [-0.2, -0.15) is 0 Å². The first-order valence-electron chi connectivity index (χ1n) is 7.02. The first-order chi connectivity index (χ1) is 9.78. The summed E-state index contributed by atoms with van der Waals surface area (Å²) in [6.07, 6.45) is 2.40. The van der Waals surface area contributed by atoms with Crippen LogP contribution in [0.15, 0.2) is 11.1 Å². The van der Waals surface area contributed by atoms with Gasteiger partial charge in [0.2, 0.25) is 0 Å². The van der Waals surface area contributed by atoms with Gasteiger partial charge in [-0.15, -0.1) is 0 Å². The van der Waals surface area contributed by atoms with Crippen molar-refractivity contribution in [3.05, 3.63) is 22.5 Å². The van der Waals surface area contributed by atoms with Crippen molar-refractivity contribution in [1.82, 2.24) is 24.4 Å². The number of aromatic amines is 1. The lowest BCUT2D eigenvalue weighted by Gasteiger charge is -2.26. The van der Waals surface area contributed by atoms with Crippen LogP contribution in [0.1, 0.15) is 12.7 Å². The highest BCUT2D eigenvalue weighted by Crippen LogP contribution is 2.06. The summed E-state index contributed by atoms with van der Waals surface area (Å²) in [4.78, 5) is 25.8. The van der Waals surface area contributed by atoms with Gasteiger partial charge in [0.05, 0.1) is 19.5 Å². The minimum absolute atomic E-state index is 0.105. The highest BCUT2D eigenvalue weighted by Gasteiger charge is 2.13. The van der Waals surface area contributed by atoms with Gasteiger partial charge in [-0.1, -0.05) is 6.92 Å². The molecule has 0 aromatic carbocycles. The number of aryl methyl sites for hydroxylation is 1. The molecule has 1 saturated heterocycles. The molecular weight excluding hydrogens is 258 g/mol.